The van der Waals surface area contributed by atoms with E-state index in [1.54, 1.807) is 12.4 Å². The topological polar surface area (TPSA) is 73.8 Å². The van der Waals surface area contributed by atoms with Crippen molar-refractivity contribution in [2.45, 2.75) is 13.1 Å². The van der Waals surface area contributed by atoms with Crippen LogP contribution in [0.2, 0.25) is 0 Å². The number of pyridine rings is 2. The van der Waals surface area contributed by atoms with Gasteiger partial charge in [0.05, 0.1) is 41.7 Å². The van der Waals surface area contributed by atoms with E-state index in [0.29, 0.717) is 63.0 Å². The summed E-state index contributed by atoms with van der Waals surface area (Å²) in [5.74, 6) is -0.760. The van der Waals surface area contributed by atoms with Gasteiger partial charge in [0.15, 0.2) is 0 Å². The molecule has 2 saturated heterocycles. The van der Waals surface area contributed by atoms with Crippen LogP contribution < -0.4 is 15.1 Å². The number of piperazine rings is 1. The monoisotopic (exact) mass is 544 g/mol. The van der Waals surface area contributed by atoms with Crippen molar-refractivity contribution in [3.8, 4) is 0 Å². The van der Waals surface area contributed by atoms with Crippen molar-refractivity contribution in [2.75, 3.05) is 55.7 Å². The van der Waals surface area contributed by atoms with E-state index in [1.165, 1.54) is 6.07 Å². The predicted octanol–water partition coefficient (Wildman–Crippen LogP) is 4.26. The van der Waals surface area contributed by atoms with Gasteiger partial charge < -0.3 is 19.4 Å². The average Bonchev–Trinajstić information content (AvgIpc) is 2.99. The first-order valence-electron chi connectivity index (χ1n) is 13.4. The molecule has 2 aliphatic rings. The second kappa shape index (κ2) is 11.1. The molecule has 0 saturated carbocycles. The van der Waals surface area contributed by atoms with Crippen molar-refractivity contribution in [1.29, 1.82) is 0 Å². The van der Waals surface area contributed by atoms with E-state index in [1.807, 2.05) is 59.2 Å². The number of amides is 1. The molecule has 0 spiro atoms. The number of morpholine rings is 1. The summed E-state index contributed by atoms with van der Waals surface area (Å²) in [7, 11) is 0. The van der Waals surface area contributed by atoms with Gasteiger partial charge in [-0.05, 0) is 31.2 Å². The number of rotatable bonds is 5. The quantitative estimate of drug-likeness (QED) is 0.403. The summed E-state index contributed by atoms with van der Waals surface area (Å²) < 4.78 is 35.8. The van der Waals surface area contributed by atoms with E-state index in [0.717, 1.165) is 17.3 Å². The zero-order chi connectivity index (χ0) is 27.6. The van der Waals surface area contributed by atoms with Gasteiger partial charge in [0, 0.05) is 62.2 Å². The Balaban J connectivity index is 1.42. The van der Waals surface area contributed by atoms with E-state index in [9.17, 15) is 9.18 Å². The van der Waals surface area contributed by atoms with Crippen molar-refractivity contribution >= 4 is 34.0 Å². The molecule has 4 aromatic rings. The second-order valence-corrected chi connectivity index (χ2v) is 9.96. The highest BCUT2D eigenvalue weighted by atomic mass is 19.1. The molecule has 6 rings (SSSR count). The Kier molecular flexibility index (Phi) is 7.27. The smallest absolute Gasteiger partial charge is 0.253 e. The van der Waals surface area contributed by atoms with E-state index in [-0.39, 0.29) is 23.0 Å². The number of hydrogen-bond donors (Lipinski definition) is 1. The number of aromatic nitrogens is 2. The normalized spacial score (nSPS) is 17.7. The highest BCUT2D eigenvalue weighted by Crippen LogP contribution is 2.41. The number of nitrogens with zero attached hydrogens (tertiary/aromatic N) is 5. The Bertz CT molecular complexity index is 1510. The van der Waals surface area contributed by atoms with Crippen molar-refractivity contribution in [3.63, 3.8) is 0 Å². The molecule has 40 heavy (non-hydrogen) atoms. The summed E-state index contributed by atoms with van der Waals surface area (Å²) >= 11 is 0. The number of benzene rings is 2. The Morgan fingerprint density at radius 2 is 1.88 bits per heavy atom. The van der Waals surface area contributed by atoms with Gasteiger partial charge in [0.25, 0.3) is 5.91 Å². The molecule has 1 atom stereocenters. The van der Waals surface area contributed by atoms with Gasteiger partial charge in [-0.1, -0.05) is 18.2 Å². The lowest BCUT2D eigenvalue weighted by Crippen LogP contribution is -2.52. The standard InChI is InChI=1S/C30H30F2N6O2/c1-20-28(38(23-8-5-9-33-18-23)26-19-40-15-10-34-26)27-24(32)16-22(31)17-25(27)35-29(20)36-11-13-37(14-12-36)30(39)21-6-3-2-4-7-21/h2-9,16-18,26,34H,10-15,19H2,1H3. The number of carbonyl (C=O) groups is 1. The van der Waals surface area contributed by atoms with Crippen LogP contribution in [0, 0.1) is 18.6 Å². The van der Waals surface area contributed by atoms with E-state index in [2.05, 4.69) is 15.2 Å². The Labute approximate surface area is 231 Å². The number of carbonyl (C=O) groups excluding carboxylic acids is 1. The number of fused-ring (bicyclic) bond motifs is 1. The molecule has 8 nitrogen and oxygen atoms in total. The SMILES string of the molecule is Cc1c(N2CCN(C(=O)c3ccccc3)CC2)nc2cc(F)cc(F)c2c1N(c1cccnc1)C1COCCN1. The molecule has 0 bridgehead atoms. The van der Waals surface area contributed by atoms with Gasteiger partial charge in [-0.2, -0.15) is 0 Å². The fourth-order valence-corrected chi connectivity index (χ4v) is 5.55. The molecule has 2 fully saturated rings. The third-order valence-corrected chi connectivity index (χ3v) is 7.45. The highest BCUT2D eigenvalue weighted by Gasteiger charge is 2.31. The first-order valence-corrected chi connectivity index (χ1v) is 13.4. The third kappa shape index (κ3) is 4.96. The summed E-state index contributed by atoms with van der Waals surface area (Å²) in [6, 6.07) is 15.1. The number of nitrogens with one attached hydrogen (secondary N) is 1. The number of hydrogen-bond acceptors (Lipinski definition) is 7. The van der Waals surface area contributed by atoms with Crippen LogP contribution in [-0.4, -0.2) is 72.9 Å². The fourth-order valence-electron chi connectivity index (χ4n) is 5.55. The van der Waals surface area contributed by atoms with Gasteiger partial charge in [0.1, 0.15) is 23.6 Å². The summed E-state index contributed by atoms with van der Waals surface area (Å²) in [5.41, 5.74) is 2.95. The molecule has 10 heteroatoms. The minimum Gasteiger partial charge on any atom is -0.377 e. The van der Waals surface area contributed by atoms with Gasteiger partial charge in [-0.3, -0.25) is 15.1 Å². The molecular weight excluding hydrogens is 514 g/mol. The summed E-state index contributed by atoms with van der Waals surface area (Å²) in [4.78, 5) is 28.0. The minimum atomic E-state index is -0.691. The van der Waals surface area contributed by atoms with Crippen LogP contribution in [0.1, 0.15) is 15.9 Å². The summed E-state index contributed by atoms with van der Waals surface area (Å²) in [6.45, 7) is 5.56. The maximum Gasteiger partial charge on any atom is 0.253 e. The minimum absolute atomic E-state index is 0.0144. The molecule has 1 amide bonds. The van der Waals surface area contributed by atoms with Crippen LogP contribution in [0.3, 0.4) is 0 Å². The molecule has 2 aliphatic heterocycles. The van der Waals surface area contributed by atoms with Crippen LogP contribution in [0.5, 0.6) is 0 Å². The first kappa shape index (κ1) is 26.1. The van der Waals surface area contributed by atoms with E-state index < -0.39 is 11.6 Å². The Morgan fingerprint density at radius 1 is 1.07 bits per heavy atom. The van der Waals surface area contributed by atoms with Gasteiger partial charge in [-0.15, -0.1) is 0 Å². The van der Waals surface area contributed by atoms with Crippen molar-refractivity contribution < 1.29 is 18.3 Å². The lowest BCUT2D eigenvalue weighted by molar-refractivity contribution is 0.0746. The Morgan fingerprint density at radius 3 is 2.58 bits per heavy atom. The lowest BCUT2D eigenvalue weighted by atomic mass is 10.0. The lowest BCUT2D eigenvalue weighted by Gasteiger charge is -2.40. The molecule has 206 valence electrons. The van der Waals surface area contributed by atoms with Gasteiger partial charge >= 0.3 is 0 Å². The summed E-state index contributed by atoms with van der Waals surface area (Å²) in [5, 5.41) is 3.70. The van der Waals surface area contributed by atoms with Gasteiger partial charge in [-0.25, -0.2) is 13.8 Å². The Hall–Kier alpha value is -4.15. The summed E-state index contributed by atoms with van der Waals surface area (Å²) in [6.07, 6.45) is 3.10. The predicted molar refractivity (Wildman–Crippen MR) is 150 cm³/mol. The van der Waals surface area contributed by atoms with Crippen molar-refractivity contribution in [3.05, 3.63) is 89.8 Å². The molecular formula is C30H30F2N6O2. The third-order valence-electron chi connectivity index (χ3n) is 7.45. The van der Waals surface area contributed by atoms with Crippen LogP contribution in [0.25, 0.3) is 10.9 Å². The van der Waals surface area contributed by atoms with Gasteiger partial charge in [0.2, 0.25) is 0 Å². The molecule has 0 aliphatic carbocycles. The van der Waals surface area contributed by atoms with Crippen molar-refractivity contribution in [2.24, 2.45) is 0 Å². The number of ether oxygens (including phenoxy) is 1. The zero-order valence-corrected chi connectivity index (χ0v) is 22.2. The molecule has 0 radical (unpaired) electrons. The molecule has 4 heterocycles. The fraction of sp³-hybridized carbons (Fsp3) is 0.300. The largest absolute Gasteiger partial charge is 0.377 e. The van der Waals surface area contributed by atoms with Crippen LogP contribution in [-0.2, 0) is 4.74 Å². The first-order chi connectivity index (χ1) is 19.5. The van der Waals surface area contributed by atoms with Crippen LogP contribution in [0.4, 0.5) is 26.0 Å². The maximum atomic E-state index is 15.6. The number of halogens is 2. The maximum absolute atomic E-state index is 15.6. The van der Waals surface area contributed by atoms with E-state index >= 15 is 4.39 Å². The highest BCUT2D eigenvalue weighted by molar-refractivity contribution is 5.99. The van der Waals surface area contributed by atoms with Crippen LogP contribution in [0.15, 0.2) is 67.0 Å². The number of anilines is 3. The molecule has 1 unspecified atom stereocenters. The molecule has 2 aromatic carbocycles. The molecule has 1 N–H and O–H groups in total. The molecule has 2 aromatic heterocycles. The second-order valence-electron chi connectivity index (χ2n) is 9.96. The van der Waals surface area contributed by atoms with E-state index in [4.69, 9.17) is 9.72 Å². The zero-order valence-electron chi connectivity index (χ0n) is 22.2. The van der Waals surface area contributed by atoms with Crippen molar-refractivity contribution in [1.82, 2.24) is 20.2 Å². The van der Waals surface area contributed by atoms with Crippen LogP contribution >= 0.6 is 0 Å². The average molecular weight is 545 g/mol.